The third kappa shape index (κ3) is 8.47. The highest BCUT2D eigenvalue weighted by molar-refractivity contribution is 7.91. The summed E-state index contributed by atoms with van der Waals surface area (Å²) >= 11 is 0. The van der Waals surface area contributed by atoms with E-state index in [4.69, 9.17) is 4.74 Å². The number of sulfonamides is 1. The number of halogens is 3. The highest BCUT2D eigenvalue weighted by Crippen LogP contribution is 2.45. The number of ether oxygens (including phenoxy) is 1. The normalized spacial score (nSPS) is 28.8. The quantitative estimate of drug-likeness (QED) is 0.356. The Morgan fingerprint density at radius 2 is 1.91 bits per heavy atom. The second-order valence-electron chi connectivity index (χ2n) is 14.4. The molecule has 3 fully saturated rings. The van der Waals surface area contributed by atoms with Crippen LogP contribution in [0.5, 0.6) is 0 Å². The van der Waals surface area contributed by atoms with Gasteiger partial charge in [-0.3, -0.25) is 24.0 Å². The van der Waals surface area contributed by atoms with E-state index >= 15 is 0 Å². The molecule has 3 N–H and O–H groups in total. The Hall–Kier alpha value is -4.61. The Balaban J connectivity index is 1.29. The maximum absolute atomic E-state index is 14.0. The van der Waals surface area contributed by atoms with E-state index in [1.54, 1.807) is 0 Å². The van der Waals surface area contributed by atoms with Gasteiger partial charge in [0.05, 0.1) is 24.8 Å². The maximum Gasteiger partial charge on any atom is 0.410 e. The van der Waals surface area contributed by atoms with E-state index < -0.39 is 93.9 Å². The lowest BCUT2D eigenvalue weighted by Crippen LogP contribution is -2.59. The van der Waals surface area contributed by atoms with Crippen LogP contribution >= 0.6 is 0 Å². The monoisotopic (exact) mass is 764 g/mol. The third-order valence-electron chi connectivity index (χ3n) is 10.4. The van der Waals surface area contributed by atoms with Gasteiger partial charge in [0.15, 0.2) is 0 Å². The molecule has 4 bridgehead atoms. The number of alkyl halides is 3. The van der Waals surface area contributed by atoms with Crippen LogP contribution in [0.1, 0.15) is 68.1 Å². The summed E-state index contributed by atoms with van der Waals surface area (Å²) in [4.78, 5) is 71.4. The second-order valence-corrected chi connectivity index (χ2v) is 16.4. The zero-order valence-corrected chi connectivity index (χ0v) is 30.0. The predicted octanol–water partition coefficient (Wildman–Crippen LogP) is 2.94. The van der Waals surface area contributed by atoms with Crippen molar-refractivity contribution in [3.05, 3.63) is 53.6 Å². The first-order valence-electron chi connectivity index (χ1n) is 17.6. The summed E-state index contributed by atoms with van der Waals surface area (Å²) in [7, 11) is -2.62. The molecule has 0 unspecified atom stereocenters. The van der Waals surface area contributed by atoms with Crippen LogP contribution in [0.4, 0.5) is 22.8 Å². The lowest BCUT2D eigenvalue weighted by molar-refractivity contribution is -0.155. The largest absolute Gasteiger partial charge is 0.444 e. The Bertz CT molecular complexity index is 1820. The van der Waals surface area contributed by atoms with E-state index in [2.05, 4.69) is 17.2 Å². The topological polar surface area (TPSA) is 175 Å². The van der Waals surface area contributed by atoms with Gasteiger partial charge in [-0.2, -0.15) is 13.2 Å². The van der Waals surface area contributed by atoms with E-state index in [1.165, 1.54) is 22.9 Å². The minimum Gasteiger partial charge on any atom is -0.444 e. The molecule has 5 atom stereocenters. The van der Waals surface area contributed by atoms with Crippen LogP contribution < -0.4 is 15.4 Å². The molecule has 1 aromatic rings. The molecule has 6 rings (SSSR count). The van der Waals surface area contributed by atoms with E-state index in [0.29, 0.717) is 32.1 Å². The summed E-state index contributed by atoms with van der Waals surface area (Å²) in [6, 6.07) is 1.08. The zero-order chi connectivity index (χ0) is 38.3. The minimum atomic E-state index is -4.90. The first-order chi connectivity index (χ1) is 25.0. The van der Waals surface area contributed by atoms with Gasteiger partial charge in [-0.1, -0.05) is 36.4 Å². The van der Waals surface area contributed by atoms with Crippen molar-refractivity contribution in [3.63, 3.8) is 0 Å². The standard InChI is InChI=1S/C35H43F3N6O8S/c1-3-23-16-34(23,31(47)41-53(50,51)25-12-13-25)40-29(45)28-15-24-19-44(28)30(46)27(17-35(36,37)38)39-32(48)42(2)14-7-5-4-6-9-21-10-8-11-22-18-43(20-26(21)22)33(49)52-24/h3,6,8-11,23-25,27-28H,1,4-5,7,12-20H2,2H3,(H,39,48)(H,40,45)(H,41,47)/b9-6-/t23-,24-,27+,28+,34-/m1/s1. The van der Waals surface area contributed by atoms with Gasteiger partial charge in [-0.25, -0.2) is 18.0 Å². The SMILES string of the molecule is C=C[C@@H]1C[C@]1(NC(=O)[C@@H]1C[C@@H]2CN1C(=O)[C@H](CC(F)(F)F)NC(=O)N(C)CCCC/C=C\c1cccc3c1CN(C3)C(=O)O2)C(=O)NS(=O)(=O)C1CC1. The maximum atomic E-state index is 14.0. The number of benzene rings is 1. The van der Waals surface area contributed by atoms with Crippen molar-refractivity contribution >= 4 is 45.9 Å². The fraction of sp³-hybridized carbons (Fsp3) is 0.571. The van der Waals surface area contributed by atoms with Crippen molar-refractivity contribution in [1.29, 1.82) is 0 Å². The summed E-state index contributed by atoms with van der Waals surface area (Å²) < 4.78 is 74.6. The molecule has 0 spiro atoms. The first-order valence-corrected chi connectivity index (χ1v) is 19.2. The predicted molar refractivity (Wildman–Crippen MR) is 184 cm³/mol. The smallest absolute Gasteiger partial charge is 0.410 e. The molecule has 18 heteroatoms. The van der Waals surface area contributed by atoms with Crippen LogP contribution in [-0.4, -0.2) is 108 Å². The average Bonchev–Trinajstić information content (AvgIpc) is 3.98. The number of nitrogens with one attached hydrogen (secondary N) is 3. The number of allylic oxidation sites excluding steroid dienone is 1. The number of hydrogen-bond donors (Lipinski definition) is 3. The van der Waals surface area contributed by atoms with Gasteiger partial charge in [0.25, 0.3) is 5.91 Å². The number of nitrogens with zero attached hydrogens (tertiary/aromatic N) is 3. The van der Waals surface area contributed by atoms with E-state index in [0.717, 1.165) is 21.6 Å². The number of urea groups is 1. The highest BCUT2D eigenvalue weighted by Gasteiger charge is 2.62. The molecular formula is C35H43F3N6O8S. The van der Waals surface area contributed by atoms with Gasteiger partial charge in [0, 0.05) is 32.5 Å². The number of amides is 6. The minimum absolute atomic E-state index is 0.0148. The lowest BCUT2D eigenvalue weighted by atomic mass is 10.0. The lowest BCUT2D eigenvalue weighted by Gasteiger charge is -2.31. The summed E-state index contributed by atoms with van der Waals surface area (Å²) in [5.41, 5.74) is 1.01. The molecule has 0 aromatic heterocycles. The van der Waals surface area contributed by atoms with Crippen molar-refractivity contribution < 1.29 is 50.3 Å². The number of hydrogen-bond acceptors (Lipinski definition) is 8. The molecule has 2 saturated carbocycles. The van der Waals surface area contributed by atoms with Crippen LogP contribution in [0, 0.1) is 5.92 Å². The Morgan fingerprint density at radius 3 is 2.58 bits per heavy atom. The number of fused-ring (bicyclic) bond motifs is 3. The molecule has 0 radical (unpaired) electrons. The third-order valence-corrected chi connectivity index (χ3v) is 12.3. The van der Waals surface area contributed by atoms with Gasteiger partial charge < -0.3 is 25.2 Å². The molecule has 6 amide bonds. The average molecular weight is 765 g/mol. The summed E-state index contributed by atoms with van der Waals surface area (Å²) in [6.45, 7) is 3.82. The van der Waals surface area contributed by atoms with Crippen LogP contribution in [-0.2, 0) is 42.2 Å². The molecule has 1 aromatic carbocycles. The van der Waals surface area contributed by atoms with Crippen LogP contribution in [0.3, 0.4) is 0 Å². The first kappa shape index (κ1) is 38.1. The molecule has 1 saturated heterocycles. The van der Waals surface area contributed by atoms with Gasteiger partial charge in [-0.05, 0) is 55.2 Å². The summed E-state index contributed by atoms with van der Waals surface area (Å²) in [5.74, 6) is -3.90. The molecule has 53 heavy (non-hydrogen) atoms. The van der Waals surface area contributed by atoms with Crippen molar-refractivity contribution in [2.24, 2.45) is 5.92 Å². The number of rotatable bonds is 7. The Labute approximate surface area is 305 Å². The Kier molecular flexibility index (Phi) is 10.5. The molecule has 3 heterocycles. The number of carbonyl (C=O) groups excluding carboxylic acids is 5. The molecule has 3 aliphatic heterocycles. The van der Waals surface area contributed by atoms with Crippen LogP contribution in [0.15, 0.2) is 36.9 Å². The molecular weight excluding hydrogens is 721 g/mol. The zero-order valence-electron chi connectivity index (χ0n) is 29.2. The summed E-state index contributed by atoms with van der Waals surface area (Å²) in [6.07, 6.45) is -1.03. The molecule has 14 nitrogen and oxygen atoms in total. The van der Waals surface area contributed by atoms with E-state index in [9.17, 15) is 45.6 Å². The van der Waals surface area contributed by atoms with Crippen molar-refractivity contribution in [2.75, 3.05) is 20.1 Å². The van der Waals surface area contributed by atoms with Gasteiger partial charge >= 0.3 is 18.3 Å². The van der Waals surface area contributed by atoms with Crippen LogP contribution in [0.25, 0.3) is 6.08 Å². The van der Waals surface area contributed by atoms with Gasteiger partial charge in [0.2, 0.25) is 21.8 Å². The second kappa shape index (κ2) is 14.7. The Morgan fingerprint density at radius 1 is 1.15 bits per heavy atom. The molecule has 2 aliphatic carbocycles. The van der Waals surface area contributed by atoms with Gasteiger partial charge in [0.1, 0.15) is 23.7 Å². The number of carbonyl (C=O) groups is 5. The van der Waals surface area contributed by atoms with Crippen molar-refractivity contribution in [2.45, 2.75) is 99.6 Å². The van der Waals surface area contributed by atoms with Crippen molar-refractivity contribution in [3.8, 4) is 0 Å². The molecule has 288 valence electrons. The van der Waals surface area contributed by atoms with Crippen molar-refractivity contribution in [1.82, 2.24) is 30.1 Å². The van der Waals surface area contributed by atoms with E-state index in [1.807, 2.05) is 35.1 Å². The summed E-state index contributed by atoms with van der Waals surface area (Å²) in [5, 5.41) is 3.99. The molecule has 5 aliphatic rings. The van der Waals surface area contributed by atoms with E-state index in [-0.39, 0.29) is 32.5 Å². The fourth-order valence-corrected chi connectivity index (χ4v) is 8.52. The fourth-order valence-electron chi connectivity index (χ4n) is 7.16. The highest BCUT2D eigenvalue weighted by atomic mass is 32.2. The van der Waals surface area contributed by atoms with Gasteiger partial charge in [-0.15, -0.1) is 6.58 Å². The van der Waals surface area contributed by atoms with Crippen LogP contribution in [0.2, 0.25) is 0 Å².